The van der Waals surface area contributed by atoms with Gasteiger partial charge in [-0.1, -0.05) is 18.2 Å². The maximum Gasteiger partial charge on any atom is 0.0964 e. The molecule has 2 heterocycles. The van der Waals surface area contributed by atoms with Gasteiger partial charge in [0.05, 0.1) is 12.2 Å². The number of nitrogens with one attached hydrogen (secondary N) is 1. The molecule has 0 aliphatic carbocycles. The maximum atomic E-state index is 4.14. The van der Waals surface area contributed by atoms with Gasteiger partial charge in [-0.15, -0.1) is 16.4 Å². The van der Waals surface area contributed by atoms with Crippen molar-refractivity contribution in [3.63, 3.8) is 0 Å². The van der Waals surface area contributed by atoms with Crippen molar-refractivity contribution in [2.75, 3.05) is 20.1 Å². The van der Waals surface area contributed by atoms with E-state index in [2.05, 4.69) is 45.0 Å². The first kappa shape index (κ1) is 14.2. The highest BCUT2D eigenvalue weighted by Crippen LogP contribution is 2.11. The molecule has 6 heteroatoms. The van der Waals surface area contributed by atoms with E-state index >= 15 is 0 Å². The number of thiophene rings is 1. The van der Waals surface area contributed by atoms with Crippen molar-refractivity contribution in [3.8, 4) is 0 Å². The van der Waals surface area contributed by atoms with Gasteiger partial charge in [0.2, 0.25) is 0 Å². The van der Waals surface area contributed by atoms with Crippen molar-refractivity contribution in [2.24, 2.45) is 0 Å². The zero-order valence-corrected chi connectivity index (χ0v) is 12.4. The van der Waals surface area contributed by atoms with Crippen LogP contribution >= 0.6 is 11.3 Å². The smallest absolute Gasteiger partial charge is 0.0964 e. The predicted molar refractivity (Wildman–Crippen MR) is 78.1 cm³/mol. The monoisotopic (exact) mass is 279 g/mol. The Bertz CT molecular complexity index is 465. The highest BCUT2D eigenvalue weighted by Gasteiger charge is 2.06. The topological polar surface area (TPSA) is 46.0 Å². The van der Waals surface area contributed by atoms with Crippen LogP contribution in [0.15, 0.2) is 23.7 Å². The van der Waals surface area contributed by atoms with Crippen LogP contribution in [0.25, 0.3) is 0 Å². The molecular formula is C13H21N5S. The van der Waals surface area contributed by atoms with Gasteiger partial charge in [-0.05, 0) is 25.0 Å². The molecule has 2 aromatic rings. The molecule has 0 aromatic carbocycles. The van der Waals surface area contributed by atoms with Gasteiger partial charge >= 0.3 is 0 Å². The molecule has 1 N–H and O–H groups in total. The first-order valence-electron chi connectivity index (χ1n) is 6.60. The third-order valence-electron chi connectivity index (χ3n) is 3.00. The van der Waals surface area contributed by atoms with Gasteiger partial charge in [0.25, 0.3) is 0 Å². The summed E-state index contributed by atoms with van der Waals surface area (Å²) in [5, 5.41) is 13.5. The van der Waals surface area contributed by atoms with Gasteiger partial charge in [-0.2, -0.15) is 0 Å². The van der Waals surface area contributed by atoms with E-state index in [4.69, 9.17) is 0 Å². The van der Waals surface area contributed by atoms with Gasteiger partial charge in [0.15, 0.2) is 0 Å². The maximum absolute atomic E-state index is 4.14. The van der Waals surface area contributed by atoms with E-state index in [1.54, 1.807) is 0 Å². The lowest BCUT2D eigenvalue weighted by Crippen LogP contribution is -2.26. The van der Waals surface area contributed by atoms with Gasteiger partial charge in [0, 0.05) is 30.7 Å². The Balaban J connectivity index is 1.81. The standard InChI is InChI=1S/C13H21N5S/c1-3-17(11-13-5-4-8-19-13)6-7-18-10-12(9-14-2)15-16-18/h4-5,8,10,14H,3,6-7,9,11H2,1-2H3. The van der Waals surface area contributed by atoms with Crippen LogP contribution in [0.4, 0.5) is 0 Å². The van der Waals surface area contributed by atoms with Crippen LogP contribution in [0.2, 0.25) is 0 Å². The van der Waals surface area contributed by atoms with Crippen molar-refractivity contribution >= 4 is 11.3 Å². The van der Waals surface area contributed by atoms with Crippen LogP contribution < -0.4 is 5.32 Å². The Morgan fingerprint density at radius 2 is 2.37 bits per heavy atom. The highest BCUT2D eigenvalue weighted by molar-refractivity contribution is 7.09. The Labute approximate surface area is 118 Å². The zero-order valence-electron chi connectivity index (χ0n) is 11.5. The number of hydrogen-bond acceptors (Lipinski definition) is 5. The number of nitrogens with zero attached hydrogens (tertiary/aromatic N) is 4. The molecule has 5 nitrogen and oxygen atoms in total. The van der Waals surface area contributed by atoms with E-state index in [1.807, 2.05) is 29.3 Å². The summed E-state index contributed by atoms with van der Waals surface area (Å²) in [6.07, 6.45) is 2.01. The number of likely N-dealkylation sites (N-methyl/N-ethyl adjacent to an activating group) is 1. The molecule has 0 unspecified atom stereocenters. The Hall–Kier alpha value is -1.24. The summed E-state index contributed by atoms with van der Waals surface area (Å²) >= 11 is 1.81. The highest BCUT2D eigenvalue weighted by atomic mass is 32.1. The minimum atomic E-state index is 0.771. The quantitative estimate of drug-likeness (QED) is 0.797. The summed E-state index contributed by atoms with van der Waals surface area (Å²) < 4.78 is 1.92. The van der Waals surface area contributed by atoms with Crippen LogP contribution in [-0.4, -0.2) is 40.0 Å². The van der Waals surface area contributed by atoms with Crippen LogP contribution in [0, 0.1) is 0 Å². The van der Waals surface area contributed by atoms with Gasteiger partial charge in [0.1, 0.15) is 0 Å². The van der Waals surface area contributed by atoms with E-state index in [0.29, 0.717) is 0 Å². The molecule has 0 aliphatic heterocycles. The minimum Gasteiger partial charge on any atom is -0.314 e. The molecule has 0 fully saturated rings. The molecule has 0 radical (unpaired) electrons. The van der Waals surface area contributed by atoms with Crippen LogP contribution in [0.3, 0.4) is 0 Å². The molecule has 2 rings (SSSR count). The fraction of sp³-hybridized carbons (Fsp3) is 0.538. The van der Waals surface area contributed by atoms with Crippen molar-refractivity contribution in [1.82, 2.24) is 25.2 Å². The summed E-state index contributed by atoms with van der Waals surface area (Å²) in [4.78, 5) is 3.84. The van der Waals surface area contributed by atoms with Crippen molar-refractivity contribution in [1.29, 1.82) is 0 Å². The minimum absolute atomic E-state index is 0.771. The van der Waals surface area contributed by atoms with E-state index in [-0.39, 0.29) is 0 Å². The Morgan fingerprint density at radius 1 is 1.47 bits per heavy atom. The molecule has 0 saturated carbocycles. The largest absolute Gasteiger partial charge is 0.314 e. The van der Waals surface area contributed by atoms with Gasteiger partial charge in [-0.25, -0.2) is 0 Å². The average molecular weight is 279 g/mol. The molecule has 0 atom stereocenters. The summed E-state index contributed by atoms with van der Waals surface area (Å²) in [5.74, 6) is 0. The predicted octanol–water partition coefficient (Wildman–Crippen LogP) is 1.58. The summed E-state index contributed by atoms with van der Waals surface area (Å²) in [5.41, 5.74) is 0.990. The Kier molecular flexibility index (Phi) is 5.50. The molecule has 2 aromatic heterocycles. The first-order valence-corrected chi connectivity index (χ1v) is 7.48. The third kappa shape index (κ3) is 4.41. The molecule has 0 aliphatic rings. The van der Waals surface area contributed by atoms with E-state index in [1.165, 1.54) is 4.88 Å². The zero-order chi connectivity index (χ0) is 13.5. The lowest BCUT2D eigenvalue weighted by atomic mass is 10.4. The third-order valence-corrected chi connectivity index (χ3v) is 3.86. The van der Waals surface area contributed by atoms with E-state index < -0.39 is 0 Å². The first-order chi connectivity index (χ1) is 9.31. The van der Waals surface area contributed by atoms with E-state index in [9.17, 15) is 0 Å². The molecule has 0 bridgehead atoms. The van der Waals surface area contributed by atoms with Gasteiger partial charge < -0.3 is 5.32 Å². The van der Waals surface area contributed by atoms with Crippen LogP contribution in [-0.2, 0) is 19.6 Å². The summed E-state index contributed by atoms with van der Waals surface area (Å²) in [7, 11) is 1.92. The van der Waals surface area contributed by atoms with E-state index in [0.717, 1.165) is 38.4 Å². The van der Waals surface area contributed by atoms with Crippen molar-refractivity contribution in [2.45, 2.75) is 26.6 Å². The number of hydrogen-bond donors (Lipinski definition) is 1. The molecule has 0 spiro atoms. The lowest BCUT2D eigenvalue weighted by molar-refractivity contribution is 0.264. The second-order valence-corrected chi connectivity index (χ2v) is 5.48. The number of rotatable bonds is 8. The van der Waals surface area contributed by atoms with Crippen molar-refractivity contribution in [3.05, 3.63) is 34.3 Å². The molecule has 0 saturated heterocycles. The fourth-order valence-corrected chi connectivity index (χ4v) is 2.67. The van der Waals surface area contributed by atoms with Crippen LogP contribution in [0.5, 0.6) is 0 Å². The second kappa shape index (κ2) is 7.37. The van der Waals surface area contributed by atoms with Crippen molar-refractivity contribution < 1.29 is 0 Å². The summed E-state index contributed by atoms with van der Waals surface area (Å²) in [6.45, 7) is 6.92. The normalized spacial score (nSPS) is 11.3. The molecule has 19 heavy (non-hydrogen) atoms. The lowest BCUT2D eigenvalue weighted by Gasteiger charge is -2.19. The fourth-order valence-electron chi connectivity index (χ4n) is 1.93. The summed E-state index contributed by atoms with van der Waals surface area (Å²) in [6, 6.07) is 4.29. The van der Waals surface area contributed by atoms with Crippen LogP contribution in [0.1, 0.15) is 17.5 Å². The molecular weight excluding hydrogens is 258 g/mol. The average Bonchev–Trinajstić information content (AvgIpc) is 3.06. The second-order valence-electron chi connectivity index (χ2n) is 4.45. The number of aromatic nitrogens is 3. The molecule has 104 valence electrons. The Morgan fingerprint density at radius 3 is 3.05 bits per heavy atom. The SMILES string of the molecule is CCN(CCn1cc(CNC)nn1)Cc1cccs1. The van der Waals surface area contributed by atoms with Gasteiger partial charge in [-0.3, -0.25) is 9.58 Å². The molecule has 0 amide bonds.